The van der Waals surface area contributed by atoms with Crippen LogP contribution in [-0.2, 0) is 4.79 Å². The lowest BCUT2D eigenvalue weighted by molar-refractivity contribution is -0.127. The maximum atomic E-state index is 12.3. The van der Waals surface area contributed by atoms with Gasteiger partial charge in [0.25, 0.3) is 0 Å². The first-order valence-electron chi connectivity index (χ1n) is 12.1. The molecule has 4 unspecified atom stereocenters. The zero-order valence-corrected chi connectivity index (χ0v) is 19.6. The Hall–Kier alpha value is -2.47. The first kappa shape index (κ1) is 21.4. The van der Waals surface area contributed by atoms with E-state index in [0.29, 0.717) is 17.9 Å². The smallest absolute Gasteiger partial charge is 0.223 e. The normalized spacial score (nSPS) is 27.1. The van der Waals surface area contributed by atoms with Gasteiger partial charge in [0.15, 0.2) is 0 Å². The van der Waals surface area contributed by atoms with Gasteiger partial charge in [-0.25, -0.2) is 9.97 Å². The van der Waals surface area contributed by atoms with E-state index in [1.165, 1.54) is 24.2 Å². The van der Waals surface area contributed by atoms with Crippen LogP contribution >= 0.6 is 0 Å². The molecule has 170 valence electrons. The monoisotopic (exact) mass is 433 g/mol. The summed E-state index contributed by atoms with van der Waals surface area (Å²) in [5.74, 6) is 2.46. The predicted octanol–water partition coefficient (Wildman–Crippen LogP) is 3.61. The number of carbonyl (C=O) groups excluding carboxylic acids is 1. The minimum absolute atomic E-state index is 0.270. The Morgan fingerprint density at radius 1 is 1.16 bits per heavy atom. The second-order valence-electron chi connectivity index (χ2n) is 10.1. The van der Waals surface area contributed by atoms with Crippen LogP contribution in [0.15, 0.2) is 30.3 Å². The molecule has 2 aromatic rings. The van der Waals surface area contributed by atoms with Gasteiger partial charge >= 0.3 is 0 Å². The van der Waals surface area contributed by atoms with Crippen LogP contribution in [0.3, 0.4) is 0 Å². The van der Waals surface area contributed by atoms with Crippen molar-refractivity contribution in [3.8, 4) is 11.3 Å². The van der Waals surface area contributed by atoms with Crippen LogP contribution in [0.2, 0.25) is 0 Å². The number of carbonyl (C=O) groups is 1. The third kappa shape index (κ3) is 4.25. The maximum absolute atomic E-state index is 12.3. The van der Waals surface area contributed by atoms with Crippen molar-refractivity contribution in [1.82, 2.24) is 20.2 Å². The van der Waals surface area contributed by atoms with Crippen molar-refractivity contribution < 1.29 is 4.79 Å². The van der Waals surface area contributed by atoms with E-state index < -0.39 is 0 Å². The Kier molecular flexibility index (Phi) is 5.89. The highest BCUT2D eigenvalue weighted by Gasteiger charge is 2.41. The Balaban J connectivity index is 1.29. The molecule has 3 aliphatic heterocycles. The second kappa shape index (κ2) is 8.81. The lowest BCUT2D eigenvalue weighted by atomic mass is 9.74. The summed E-state index contributed by atoms with van der Waals surface area (Å²) in [4.78, 5) is 26.6. The molecule has 1 aromatic carbocycles. The molecular weight excluding hydrogens is 398 g/mol. The number of hydrogen-bond donors (Lipinski definition) is 1. The number of amides is 1. The highest BCUT2D eigenvalue weighted by atomic mass is 16.1. The number of benzene rings is 1. The molecule has 0 spiro atoms. The number of hydrogen-bond acceptors (Lipinski definition) is 5. The van der Waals surface area contributed by atoms with Crippen molar-refractivity contribution in [3.05, 3.63) is 41.9 Å². The number of nitrogens with zero attached hydrogens (tertiary/aromatic N) is 4. The first-order chi connectivity index (χ1) is 15.5. The topological polar surface area (TPSA) is 61.4 Å². The van der Waals surface area contributed by atoms with Crippen LogP contribution in [-0.4, -0.2) is 60.5 Å². The Morgan fingerprint density at radius 2 is 1.94 bits per heavy atom. The quantitative estimate of drug-likeness (QED) is 0.754. The van der Waals surface area contributed by atoms with Crippen molar-refractivity contribution in [2.75, 3.05) is 38.6 Å². The van der Waals surface area contributed by atoms with E-state index >= 15 is 0 Å². The number of anilines is 1. The first-order valence-corrected chi connectivity index (χ1v) is 12.1. The molecule has 4 heterocycles. The Labute approximate surface area is 191 Å². The van der Waals surface area contributed by atoms with Gasteiger partial charge in [-0.3, -0.25) is 9.69 Å². The van der Waals surface area contributed by atoms with Gasteiger partial charge in [0.1, 0.15) is 5.82 Å². The highest BCUT2D eigenvalue weighted by molar-refractivity contribution is 5.79. The van der Waals surface area contributed by atoms with Crippen molar-refractivity contribution in [2.45, 2.75) is 51.0 Å². The van der Waals surface area contributed by atoms with Crippen molar-refractivity contribution >= 4 is 11.6 Å². The van der Waals surface area contributed by atoms with E-state index in [1.54, 1.807) is 0 Å². The van der Waals surface area contributed by atoms with Crippen LogP contribution in [0.25, 0.3) is 11.3 Å². The summed E-state index contributed by atoms with van der Waals surface area (Å²) in [7, 11) is 4.11. The fraction of sp³-hybridized carbons (Fsp3) is 0.577. The van der Waals surface area contributed by atoms with Gasteiger partial charge in [0.05, 0.1) is 5.69 Å². The van der Waals surface area contributed by atoms with Crippen LogP contribution in [0.5, 0.6) is 0 Å². The van der Waals surface area contributed by atoms with Crippen LogP contribution < -0.4 is 10.2 Å². The molecular formula is C26H35N5O. The SMILES string of the molecule is Cc1nc(-c2ccc(N(C)C)cc2)cc(C2CN3CCC2CC3CNC(=O)C2CCC2)n1. The fourth-order valence-electron chi connectivity index (χ4n) is 5.58. The summed E-state index contributed by atoms with van der Waals surface area (Å²) in [6.07, 6.45) is 5.70. The largest absolute Gasteiger partial charge is 0.378 e. The van der Waals surface area contributed by atoms with Crippen molar-refractivity contribution in [2.24, 2.45) is 11.8 Å². The summed E-state index contributed by atoms with van der Waals surface area (Å²) in [6.45, 7) is 4.96. The Bertz CT molecular complexity index is 969. The summed E-state index contributed by atoms with van der Waals surface area (Å²) in [5.41, 5.74) is 4.52. The van der Waals surface area contributed by atoms with Gasteiger partial charge in [0, 0.05) is 62.0 Å². The summed E-state index contributed by atoms with van der Waals surface area (Å²) >= 11 is 0. The molecule has 0 radical (unpaired) electrons. The third-order valence-electron chi connectivity index (χ3n) is 7.78. The number of fused-ring (bicyclic) bond motifs is 3. The minimum Gasteiger partial charge on any atom is -0.378 e. The molecule has 6 heteroatoms. The van der Waals surface area contributed by atoms with Crippen LogP contribution in [0.1, 0.15) is 49.5 Å². The minimum atomic E-state index is 0.270. The molecule has 1 aromatic heterocycles. The van der Waals surface area contributed by atoms with E-state index in [9.17, 15) is 4.79 Å². The second-order valence-corrected chi connectivity index (χ2v) is 10.1. The van der Waals surface area contributed by atoms with Gasteiger partial charge in [-0.1, -0.05) is 18.6 Å². The molecule has 1 saturated carbocycles. The van der Waals surface area contributed by atoms with E-state index in [4.69, 9.17) is 9.97 Å². The standard InChI is InChI=1S/C26H35N5O/c1-17-28-24(18-7-9-21(10-8-18)30(2)3)14-25(29-17)23-16-31-12-11-20(23)13-22(31)15-27-26(32)19-5-4-6-19/h7-10,14,19-20,22-23H,4-6,11-13,15-16H2,1-3H3,(H,27,32). The van der Waals surface area contributed by atoms with E-state index in [2.05, 4.69) is 59.5 Å². The van der Waals surface area contributed by atoms with E-state index in [0.717, 1.165) is 56.0 Å². The van der Waals surface area contributed by atoms with Gasteiger partial charge in [-0.05, 0) is 63.3 Å². The van der Waals surface area contributed by atoms with E-state index in [1.807, 2.05) is 6.92 Å². The number of rotatable bonds is 6. The number of nitrogens with one attached hydrogen (secondary N) is 1. The number of aromatic nitrogens is 2. The zero-order chi connectivity index (χ0) is 22.2. The predicted molar refractivity (Wildman–Crippen MR) is 128 cm³/mol. The zero-order valence-electron chi connectivity index (χ0n) is 19.6. The van der Waals surface area contributed by atoms with Gasteiger partial charge in [-0.15, -0.1) is 0 Å². The van der Waals surface area contributed by atoms with Crippen molar-refractivity contribution in [3.63, 3.8) is 0 Å². The highest BCUT2D eigenvalue weighted by Crippen LogP contribution is 2.41. The lowest BCUT2D eigenvalue weighted by Gasteiger charge is -2.50. The molecule has 3 saturated heterocycles. The summed E-state index contributed by atoms with van der Waals surface area (Å²) < 4.78 is 0. The van der Waals surface area contributed by atoms with E-state index in [-0.39, 0.29) is 11.8 Å². The molecule has 4 aliphatic rings. The van der Waals surface area contributed by atoms with Gasteiger partial charge in [0.2, 0.25) is 5.91 Å². The molecule has 4 fully saturated rings. The van der Waals surface area contributed by atoms with Gasteiger partial charge in [-0.2, -0.15) is 0 Å². The van der Waals surface area contributed by atoms with Crippen LogP contribution in [0, 0.1) is 18.8 Å². The molecule has 4 atom stereocenters. The Morgan fingerprint density at radius 3 is 2.56 bits per heavy atom. The number of aryl methyl sites for hydroxylation is 1. The molecule has 6 rings (SSSR count). The molecule has 1 aliphatic carbocycles. The molecule has 6 nitrogen and oxygen atoms in total. The third-order valence-corrected chi connectivity index (χ3v) is 7.78. The molecule has 1 N–H and O–H groups in total. The molecule has 2 bridgehead atoms. The van der Waals surface area contributed by atoms with Gasteiger partial charge < -0.3 is 10.2 Å². The molecule has 1 amide bonds. The number of piperidine rings is 3. The van der Waals surface area contributed by atoms with Crippen LogP contribution in [0.4, 0.5) is 5.69 Å². The maximum Gasteiger partial charge on any atom is 0.223 e. The fourth-order valence-corrected chi connectivity index (χ4v) is 5.58. The lowest BCUT2D eigenvalue weighted by Crippen LogP contribution is -2.56. The summed E-state index contributed by atoms with van der Waals surface area (Å²) in [5, 5.41) is 3.24. The summed E-state index contributed by atoms with van der Waals surface area (Å²) in [6, 6.07) is 11.3. The van der Waals surface area contributed by atoms with Crippen molar-refractivity contribution in [1.29, 1.82) is 0 Å². The average molecular weight is 434 g/mol. The molecule has 32 heavy (non-hydrogen) atoms. The average Bonchev–Trinajstić information content (AvgIpc) is 2.76.